The van der Waals surface area contributed by atoms with Crippen molar-refractivity contribution < 1.29 is 8.78 Å². The van der Waals surface area contributed by atoms with Gasteiger partial charge in [0, 0.05) is 22.6 Å². The molecule has 1 N–H and O–H groups in total. The van der Waals surface area contributed by atoms with Crippen LogP contribution in [0.15, 0.2) is 57.3 Å². The first-order valence-electron chi connectivity index (χ1n) is 7.97. The van der Waals surface area contributed by atoms with Crippen molar-refractivity contribution in [1.29, 1.82) is 0 Å². The highest BCUT2D eigenvalue weighted by Gasteiger charge is 2.13. The van der Waals surface area contributed by atoms with Crippen molar-refractivity contribution in [3.05, 3.63) is 58.8 Å². The van der Waals surface area contributed by atoms with Crippen LogP contribution in [0.1, 0.15) is 0 Å². The van der Waals surface area contributed by atoms with Gasteiger partial charge in [-0.1, -0.05) is 0 Å². The van der Waals surface area contributed by atoms with Gasteiger partial charge in [0.15, 0.2) is 17.3 Å². The van der Waals surface area contributed by atoms with Crippen molar-refractivity contribution in [3.63, 3.8) is 0 Å². The molecule has 0 radical (unpaired) electrons. The van der Waals surface area contributed by atoms with Gasteiger partial charge in [0.05, 0.1) is 0 Å². The summed E-state index contributed by atoms with van der Waals surface area (Å²) in [4.78, 5) is 4.28. The molecule has 4 aromatic heterocycles. The van der Waals surface area contributed by atoms with Crippen molar-refractivity contribution >= 4 is 28.7 Å². The van der Waals surface area contributed by atoms with Crippen molar-refractivity contribution in [3.8, 4) is 22.8 Å². The Labute approximate surface area is 164 Å². The minimum absolute atomic E-state index is 0.269. The fourth-order valence-corrected chi connectivity index (χ4v) is 3.91. The maximum Gasteiger partial charge on any atom is 0.215 e. The largest absolute Gasteiger partial charge is 0.258 e. The maximum absolute atomic E-state index is 13.4. The molecule has 0 aliphatic rings. The van der Waals surface area contributed by atoms with Crippen LogP contribution in [0.3, 0.4) is 0 Å². The number of hydrogen-bond acceptors (Lipinski definition) is 7. The molecular weight excluding hydrogens is 404 g/mol. The lowest BCUT2D eigenvalue weighted by molar-refractivity contribution is 0.584. The van der Waals surface area contributed by atoms with E-state index in [2.05, 4.69) is 30.5 Å². The first kappa shape index (κ1) is 17.0. The molecule has 4 heterocycles. The maximum atomic E-state index is 13.4. The fourth-order valence-electron chi connectivity index (χ4n) is 2.60. The molecule has 0 spiro atoms. The van der Waals surface area contributed by atoms with Gasteiger partial charge in [-0.15, -0.1) is 15.3 Å². The molecule has 1 aromatic carbocycles. The second-order valence-electron chi connectivity index (χ2n) is 5.70. The number of rotatable bonds is 4. The van der Waals surface area contributed by atoms with E-state index in [4.69, 9.17) is 0 Å². The summed E-state index contributed by atoms with van der Waals surface area (Å²) >= 11 is 2.77. The summed E-state index contributed by atoms with van der Waals surface area (Å²) in [5, 5.41) is 24.6. The van der Waals surface area contributed by atoms with E-state index in [0.29, 0.717) is 21.7 Å². The molecular formula is C17H9F2N7S2. The number of nitrogens with zero attached hydrogens (tertiary/aromatic N) is 6. The zero-order valence-corrected chi connectivity index (χ0v) is 15.5. The Hall–Kier alpha value is -3.18. The van der Waals surface area contributed by atoms with Crippen molar-refractivity contribution in [2.24, 2.45) is 0 Å². The lowest BCUT2D eigenvalue weighted by Gasteiger charge is -1.99. The minimum Gasteiger partial charge on any atom is -0.258 e. The van der Waals surface area contributed by atoms with Crippen LogP contribution in [0.5, 0.6) is 0 Å². The van der Waals surface area contributed by atoms with Gasteiger partial charge in [0.25, 0.3) is 0 Å². The van der Waals surface area contributed by atoms with Crippen molar-refractivity contribution in [2.75, 3.05) is 0 Å². The average Bonchev–Trinajstić information content (AvgIpc) is 3.41. The Morgan fingerprint density at radius 2 is 1.86 bits per heavy atom. The lowest BCUT2D eigenvalue weighted by atomic mass is 10.2. The normalized spacial score (nSPS) is 11.4. The molecule has 0 saturated heterocycles. The Balaban J connectivity index is 1.46. The summed E-state index contributed by atoms with van der Waals surface area (Å²) in [6, 6.07) is 8.71. The van der Waals surface area contributed by atoms with Gasteiger partial charge in [-0.25, -0.2) is 13.8 Å². The minimum atomic E-state index is -0.679. The molecule has 0 aliphatic carbocycles. The average molecular weight is 413 g/mol. The number of halogens is 2. The Kier molecular flexibility index (Phi) is 4.10. The van der Waals surface area contributed by atoms with E-state index in [9.17, 15) is 8.78 Å². The van der Waals surface area contributed by atoms with Gasteiger partial charge in [-0.05, 0) is 47.5 Å². The van der Waals surface area contributed by atoms with Gasteiger partial charge in [0.1, 0.15) is 16.7 Å². The zero-order valence-electron chi connectivity index (χ0n) is 13.9. The van der Waals surface area contributed by atoms with E-state index in [1.165, 1.54) is 23.9 Å². The van der Waals surface area contributed by atoms with Crippen LogP contribution in [-0.4, -0.2) is 35.0 Å². The van der Waals surface area contributed by atoms with Crippen LogP contribution in [0, 0.1) is 11.6 Å². The van der Waals surface area contributed by atoms with Crippen LogP contribution in [0.2, 0.25) is 0 Å². The third-order valence-electron chi connectivity index (χ3n) is 3.81. The molecule has 0 aliphatic heterocycles. The second kappa shape index (κ2) is 6.77. The Morgan fingerprint density at radius 3 is 2.64 bits per heavy atom. The van der Waals surface area contributed by atoms with Crippen LogP contribution in [0.25, 0.3) is 28.4 Å². The van der Waals surface area contributed by atoms with Gasteiger partial charge in [-0.2, -0.15) is 21.0 Å². The molecule has 0 atom stereocenters. The quantitative estimate of drug-likeness (QED) is 0.478. The van der Waals surface area contributed by atoms with Crippen LogP contribution in [0.4, 0.5) is 8.78 Å². The summed E-state index contributed by atoms with van der Waals surface area (Å²) in [7, 11) is 0. The number of aromatic amines is 1. The highest BCUT2D eigenvalue weighted by Crippen LogP contribution is 2.27. The highest BCUT2D eigenvalue weighted by molar-refractivity contribution is 7.99. The van der Waals surface area contributed by atoms with E-state index < -0.39 is 11.6 Å². The monoisotopic (exact) mass is 413 g/mol. The van der Waals surface area contributed by atoms with E-state index in [-0.39, 0.29) is 11.4 Å². The molecule has 11 heteroatoms. The summed E-state index contributed by atoms with van der Waals surface area (Å²) < 4.78 is 28.5. The molecule has 138 valence electrons. The predicted octanol–water partition coefficient (Wildman–Crippen LogP) is 4.07. The summed E-state index contributed by atoms with van der Waals surface area (Å²) in [6.45, 7) is 0. The van der Waals surface area contributed by atoms with Crippen LogP contribution < -0.4 is 0 Å². The topological polar surface area (TPSA) is 84.7 Å². The van der Waals surface area contributed by atoms with Crippen molar-refractivity contribution in [2.45, 2.75) is 10.2 Å². The molecule has 0 saturated carbocycles. The number of nitrogens with one attached hydrogen (secondary N) is 1. The second-order valence-corrected chi connectivity index (χ2v) is 7.47. The molecule has 0 amide bonds. The van der Waals surface area contributed by atoms with E-state index in [1.54, 1.807) is 28.0 Å². The predicted molar refractivity (Wildman–Crippen MR) is 100.0 cm³/mol. The third kappa shape index (κ3) is 3.14. The highest BCUT2D eigenvalue weighted by atomic mass is 32.2. The van der Waals surface area contributed by atoms with E-state index >= 15 is 0 Å². The lowest BCUT2D eigenvalue weighted by Crippen LogP contribution is -1.96. The number of H-pyrrole nitrogens is 1. The standard InChI is InChI=1S/C17H9F2N7S2/c18-11-5-10(6-12(19)7-11)15-20-17(24-22-15)28-14-2-1-13-21-23-16(26(13)25-14)9-3-4-27-8-9/h1-8H,(H,20,22,24). The van der Waals surface area contributed by atoms with Crippen LogP contribution in [-0.2, 0) is 0 Å². The first-order valence-corrected chi connectivity index (χ1v) is 9.73. The number of thiophene rings is 1. The van der Waals surface area contributed by atoms with Crippen LogP contribution >= 0.6 is 23.1 Å². The Morgan fingerprint density at radius 1 is 1.00 bits per heavy atom. The summed E-state index contributed by atoms with van der Waals surface area (Å²) in [6.07, 6.45) is 0. The molecule has 28 heavy (non-hydrogen) atoms. The van der Waals surface area contributed by atoms with E-state index in [0.717, 1.165) is 11.6 Å². The van der Waals surface area contributed by atoms with Gasteiger partial charge in [0.2, 0.25) is 5.16 Å². The molecule has 5 rings (SSSR count). The first-order chi connectivity index (χ1) is 13.7. The summed E-state index contributed by atoms with van der Waals surface area (Å²) in [5.41, 5.74) is 1.83. The number of fused-ring (bicyclic) bond motifs is 1. The Bertz CT molecular complexity index is 1260. The molecule has 0 bridgehead atoms. The molecule has 0 fully saturated rings. The zero-order chi connectivity index (χ0) is 19.1. The number of benzene rings is 1. The smallest absolute Gasteiger partial charge is 0.215 e. The fraction of sp³-hybridized carbons (Fsp3) is 0. The molecule has 5 aromatic rings. The van der Waals surface area contributed by atoms with Gasteiger partial charge < -0.3 is 0 Å². The van der Waals surface area contributed by atoms with E-state index in [1.807, 2.05) is 16.8 Å². The molecule has 7 nitrogen and oxygen atoms in total. The third-order valence-corrected chi connectivity index (χ3v) is 5.29. The van der Waals surface area contributed by atoms with Gasteiger partial charge in [-0.3, -0.25) is 5.10 Å². The number of aromatic nitrogens is 7. The SMILES string of the molecule is Fc1cc(F)cc(-c2nc(Sc3ccc4nnc(-c5ccsc5)n4n3)n[nH]2)c1. The van der Waals surface area contributed by atoms with Crippen molar-refractivity contribution in [1.82, 2.24) is 35.0 Å². The van der Waals surface area contributed by atoms with Gasteiger partial charge >= 0.3 is 0 Å². The summed E-state index contributed by atoms with van der Waals surface area (Å²) in [5.74, 6) is -0.447. The molecule has 0 unspecified atom stereocenters. The number of hydrogen-bond donors (Lipinski definition) is 1.